The third-order valence-electron chi connectivity index (χ3n) is 3.07. The molecule has 1 saturated heterocycles. The highest BCUT2D eigenvalue weighted by Gasteiger charge is 2.29. The van der Waals surface area contributed by atoms with E-state index in [0.717, 1.165) is 12.1 Å². The molecule has 2 rings (SSSR count). The molecule has 1 aliphatic rings. The molecule has 0 spiro atoms. The van der Waals surface area contributed by atoms with Gasteiger partial charge in [-0.2, -0.15) is 0 Å². The van der Waals surface area contributed by atoms with Crippen molar-refractivity contribution in [3.8, 4) is 5.75 Å². The Bertz CT molecular complexity index is 478. The minimum absolute atomic E-state index is 0.0589. The van der Waals surface area contributed by atoms with Gasteiger partial charge in [0.1, 0.15) is 5.75 Å². The summed E-state index contributed by atoms with van der Waals surface area (Å²) in [7, 11) is -1.53. The van der Waals surface area contributed by atoms with Crippen LogP contribution in [-0.2, 0) is 15.6 Å². The van der Waals surface area contributed by atoms with Gasteiger partial charge in [-0.25, -0.2) is 8.42 Å². The first kappa shape index (κ1) is 12.4. The topological polar surface area (TPSA) is 55.4 Å². The minimum Gasteiger partial charge on any atom is -0.496 e. The maximum absolute atomic E-state index is 12.2. The van der Waals surface area contributed by atoms with Crippen LogP contribution in [0.2, 0.25) is 0 Å². The molecule has 1 aliphatic heterocycles. The Kier molecular flexibility index (Phi) is 3.69. The van der Waals surface area contributed by atoms with Gasteiger partial charge in [-0.15, -0.1) is 0 Å². The van der Waals surface area contributed by atoms with Crippen molar-refractivity contribution in [1.29, 1.82) is 0 Å². The van der Waals surface area contributed by atoms with E-state index in [1.54, 1.807) is 19.2 Å². The van der Waals surface area contributed by atoms with E-state index in [0.29, 0.717) is 18.7 Å². The van der Waals surface area contributed by atoms with Crippen molar-refractivity contribution in [2.45, 2.75) is 17.4 Å². The molecule has 94 valence electrons. The average molecular weight is 255 g/mol. The molecular formula is C12H17NO3S. The van der Waals surface area contributed by atoms with Crippen molar-refractivity contribution < 1.29 is 13.2 Å². The molecule has 4 nitrogen and oxygen atoms in total. The molecule has 1 aromatic rings. The largest absolute Gasteiger partial charge is 0.496 e. The van der Waals surface area contributed by atoms with E-state index in [4.69, 9.17) is 4.74 Å². The third kappa shape index (κ3) is 2.79. The first-order valence-corrected chi connectivity index (χ1v) is 7.39. The number of hydrogen-bond acceptors (Lipinski definition) is 4. The predicted octanol–water partition coefficient (Wildman–Crippen LogP) is 0.972. The van der Waals surface area contributed by atoms with Crippen LogP contribution in [0.15, 0.2) is 24.3 Å². The predicted molar refractivity (Wildman–Crippen MR) is 66.9 cm³/mol. The van der Waals surface area contributed by atoms with Gasteiger partial charge in [-0.05, 0) is 19.0 Å². The molecule has 1 atom stereocenters. The molecule has 1 aromatic carbocycles. The van der Waals surface area contributed by atoms with Gasteiger partial charge >= 0.3 is 0 Å². The fraction of sp³-hybridized carbons (Fsp3) is 0.500. The summed E-state index contributed by atoms with van der Waals surface area (Å²) in [5.74, 6) is 0.700. The second-order valence-electron chi connectivity index (χ2n) is 4.23. The van der Waals surface area contributed by atoms with Crippen LogP contribution in [-0.4, -0.2) is 33.9 Å². The van der Waals surface area contributed by atoms with Crippen LogP contribution in [0, 0.1) is 0 Å². The van der Waals surface area contributed by atoms with Crippen LogP contribution < -0.4 is 10.1 Å². The van der Waals surface area contributed by atoms with E-state index in [2.05, 4.69) is 5.32 Å². The Hall–Kier alpha value is -1.07. The molecule has 1 N–H and O–H groups in total. The number of para-hydroxylation sites is 1. The lowest BCUT2D eigenvalue weighted by atomic mass is 10.2. The second kappa shape index (κ2) is 5.06. The molecule has 0 unspecified atom stereocenters. The van der Waals surface area contributed by atoms with Crippen molar-refractivity contribution in [2.24, 2.45) is 0 Å². The second-order valence-corrected chi connectivity index (χ2v) is 6.51. The normalized spacial score (nSPS) is 20.4. The van der Waals surface area contributed by atoms with Crippen LogP contribution in [0.25, 0.3) is 0 Å². The summed E-state index contributed by atoms with van der Waals surface area (Å²) in [6, 6.07) is 7.27. The average Bonchev–Trinajstić information content (AvgIpc) is 2.83. The smallest absolute Gasteiger partial charge is 0.158 e. The fourth-order valence-corrected chi connectivity index (χ4v) is 3.85. The molecule has 1 fully saturated rings. The molecule has 17 heavy (non-hydrogen) atoms. The van der Waals surface area contributed by atoms with Crippen molar-refractivity contribution in [1.82, 2.24) is 5.32 Å². The van der Waals surface area contributed by atoms with Crippen LogP contribution in [0.1, 0.15) is 12.0 Å². The van der Waals surface area contributed by atoms with E-state index in [1.165, 1.54) is 0 Å². The van der Waals surface area contributed by atoms with Gasteiger partial charge < -0.3 is 10.1 Å². The van der Waals surface area contributed by atoms with Gasteiger partial charge in [0.2, 0.25) is 0 Å². The Labute approximate surface area is 102 Å². The molecule has 0 bridgehead atoms. The Morgan fingerprint density at radius 1 is 1.41 bits per heavy atom. The molecule has 0 saturated carbocycles. The minimum atomic E-state index is -3.09. The van der Waals surface area contributed by atoms with E-state index < -0.39 is 9.84 Å². The van der Waals surface area contributed by atoms with Gasteiger partial charge in [-0.1, -0.05) is 18.2 Å². The van der Waals surface area contributed by atoms with Crippen molar-refractivity contribution in [3.05, 3.63) is 29.8 Å². The van der Waals surface area contributed by atoms with Crippen LogP contribution >= 0.6 is 0 Å². The summed E-state index contributed by atoms with van der Waals surface area (Å²) in [5.41, 5.74) is 0.738. The highest BCUT2D eigenvalue weighted by atomic mass is 32.2. The molecule has 1 heterocycles. The van der Waals surface area contributed by atoms with Gasteiger partial charge in [0.15, 0.2) is 9.84 Å². The van der Waals surface area contributed by atoms with Crippen molar-refractivity contribution >= 4 is 9.84 Å². The highest BCUT2D eigenvalue weighted by molar-refractivity contribution is 7.91. The lowest BCUT2D eigenvalue weighted by molar-refractivity contribution is 0.411. The monoisotopic (exact) mass is 255 g/mol. The first-order chi connectivity index (χ1) is 8.13. The SMILES string of the molecule is COc1ccccc1CS(=O)(=O)[C@@H]1CCNC1. The zero-order chi connectivity index (χ0) is 12.3. The standard InChI is InChI=1S/C12H17NO3S/c1-16-12-5-3-2-4-10(12)9-17(14,15)11-6-7-13-8-11/h2-5,11,13H,6-9H2,1H3/t11-/m1/s1. The Morgan fingerprint density at radius 2 is 2.18 bits per heavy atom. The Morgan fingerprint density at radius 3 is 2.82 bits per heavy atom. The quantitative estimate of drug-likeness (QED) is 0.871. The summed E-state index contributed by atoms with van der Waals surface area (Å²) in [4.78, 5) is 0. The van der Waals surface area contributed by atoms with Gasteiger partial charge in [0.25, 0.3) is 0 Å². The number of nitrogens with one attached hydrogen (secondary N) is 1. The van der Waals surface area contributed by atoms with Gasteiger partial charge in [-0.3, -0.25) is 0 Å². The molecular weight excluding hydrogens is 238 g/mol. The lowest BCUT2D eigenvalue weighted by Crippen LogP contribution is -2.25. The van der Waals surface area contributed by atoms with E-state index in [9.17, 15) is 8.42 Å². The van der Waals surface area contributed by atoms with E-state index in [-0.39, 0.29) is 11.0 Å². The summed E-state index contributed by atoms with van der Waals surface area (Å²) in [5, 5.41) is 2.83. The van der Waals surface area contributed by atoms with Gasteiger partial charge in [0, 0.05) is 12.1 Å². The Balaban J connectivity index is 2.19. The van der Waals surface area contributed by atoms with Crippen LogP contribution in [0.4, 0.5) is 0 Å². The number of sulfone groups is 1. The number of ether oxygens (including phenoxy) is 1. The van der Waals surface area contributed by atoms with Crippen LogP contribution in [0.3, 0.4) is 0 Å². The molecule has 0 radical (unpaired) electrons. The summed E-state index contributed by atoms with van der Waals surface area (Å²) in [6.07, 6.45) is 0.706. The number of rotatable bonds is 4. The highest BCUT2D eigenvalue weighted by Crippen LogP contribution is 2.23. The zero-order valence-electron chi connectivity index (χ0n) is 9.85. The molecule has 5 heteroatoms. The van der Waals surface area contributed by atoms with Crippen LogP contribution in [0.5, 0.6) is 5.75 Å². The van der Waals surface area contributed by atoms with Crippen molar-refractivity contribution in [2.75, 3.05) is 20.2 Å². The summed E-state index contributed by atoms with van der Waals surface area (Å²) >= 11 is 0. The van der Waals surface area contributed by atoms with E-state index >= 15 is 0 Å². The molecule has 0 aromatic heterocycles. The van der Waals surface area contributed by atoms with Crippen molar-refractivity contribution in [3.63, 3.8) is 0 Å². The third-order valence-corrected chi connectivity index (χ3v) is 5.20. The zero-order valence-corrected chi connectivity index (χ0v) is 10.7. The number of benzene rings is 1. The summed E-state index contributed by atoms with van der Waals surface area (Å²) in [6.45, 7) is 1.35. The number of methoxy groups -OCH3 is 1. The fourth-order valence-electron chi connectivity index (χ4n) is 2.09. The lowest BCUT2D eigenvalue weighted by Gasteiger charge is -2.12. The maximum atomic E-state index is 12.2. The van der Waals surface area contributed by atoms with E-state index in [1.807, 2.05) is 12.1 Å². The first-order valence-electron chi connectivity index (χ1n) is 5.67. The van der Waals surface area contributed by atoms with Gasteiger partial charge in [0.05, 0.1) is 18.1 Å². The molecule has 0 amide bonds. The maximum Gasteiger partial charge on any atom is 0.158 e. The number of hydrogen-bond donors (Lipinski definition) is 1. The summed E-state index contributed by atoms with van der Waals surface area (Å²) < 4.78 is 29.5. The molecule has 0 aliphatic carbocycles.